The molecule has 0 aliphatic carbocycles. The van der Waals surface area contributed by atoms with Crippen molar-refractivity contribution < 1.29 is 19.0 Å². The van der Waals surface area contributed by atoms with Crippen molar-refractivity contribution in [3.63, 3.8) is 0 Å². The molecular weight excluding hydrogens is 249 g/mol. The van der Waals surface area contributed by atoms with Crippen LogP contribution in [-0.2, 0) is 4.74 Å². The second kappa shape index (κ2) is 6.22. The number of ether oxygens (including phenoxy) is 1. The summed E-state index contributed by atoms with van der Waals surface area (Å²) < 4.78 is 18.1. The van der Waals surface area contributed by atoms with Crippen molar-refractivity contribution in [1.29, 1.82) is 0 Å². The number of nitrogens with one attached hydrogen (secondary N) is 1. The first-order chi connectivity index (χ1) is 8.78. The van der Waals surface area contributed by atoms with E-state index in [1.807, 2.05) is 0 Å². The Morgan fingerprint density at radius 3 is 2.74 bits per heavy atom. The lowest BCUT2D eigenvalue weighted by Crippen LogP contribution is -2.32. The van der Waals surface area contributed by atoms with Gasteiger partial charge in [-0.25, -0.2) is 9.18 Å². The van der Waals surface area contributed by atoms with Gasteiger partial charge in [-0.3, -0.25) is 0 Å². The second-order valence-corrected chi connectivity index (χ2v) is 5.00. The molecular formula is C14H18FNO3. The fourth-order valence-corrected chi connectivity index (χ4v) is 1.28. The molecule has 0 bridgehead atoms. The van der Waals surface area contributed by atoms with E-state index in [0.717, 1.165) is 0 Å². The Kier molecular flexibility index (Phi) is 4.92. The molecule has 1 rings (SSSR count). The van der Waals surface area contributed by atoms with Crippen molar-refractivity contribution in [2.75, 3.05) is 6.54 Å². The van der Waals surface area contributed by atoms with Crippen molar-refractivity contribution in [1.82, 2.24) is 5.32 Å². The van der Waals surface area contributed by atoms with E-state index in [-0.39, 0.29) is 12.3 Å². The molecule has 0 fully saturated rings. The monoisotopic (exact) mass is 267 g/mol. The van der Waals surface area contributed by atoms with Gasteiger partial charge in [0.05, 0.1) is 0 Å². The molecule has 0 heterocycles. The summed E-state index contributed by atoms with van der Waals surface area (Å²) in [5.41, 5.74) is 0.0646. The summed E-state index contributed by atoms with van der Waals surface area (Å²) in [7, 11) is 0. The number of halogens is 1. The van der Waals surface area contributed by atoms with Gasteiger partial charge in [-0.15, -0.1) is 0 Å². The Morgan fingerprint density at radius 1 is 1.47 bits per heavy atom. The van der Waals surface area contributed by atoms with Crippen molar-refractivity contribution in [2.24, 2.45) is 0 Å². The zero-order valence-corrected chi connectivity index (χ0v) is 11.2. The number of benzene rings is 1. The van der Waals surface area contributed by atoms with Crippen LogP contribution in [0.4, 0.5) is 9.18 Å². The van der Waals surface area contributed by atoms with Gasteiger partial charge in [0.1, 0.15) is 5.60 Å². The maximum atomic E-state index is 13.0. The molecule has 0 aliphatic rings. The third-order valence-corrected chi connectivity index (χ3v) is 2.05. The summed E-state index contributed by atoms with van der Waals surface area (Å²) in [5, 5.41) is 11.6. The van der Waals surface area contributed by atoms with Crippen molar-refractivity contribution in [2.45, 2.75) is 26.4 Å². The van der Waals surface area contributed by atoms with Crippen LogP contribution in [0, 0.1) is 5.82 Å². The lowest BCUT2D eigenvalue weighted by atomic mass is 10.2. The smallest absolute Gasteiger partial charge is 0.407 e. The first-order valence-electron chi connectivity index (χ1n) is 5.90. The van der Waals surface area contributed by atoms with Crippen LogP contribution in [0.2, 0.25) is 0 Å². The lowest BCUT2D eigenvalue weighted by Gasteiger charge is -2.19. The maximum absolute atomic E-state index is 13.0. The van der Waals surface area contributed by atoms with Crippen LogP contribution in [0.25, 0.3) is 6.08 Å². The Hall–Kier alpha value is -2.04. The second-order valence-electron chi connectivity index (χ2n) is 5.00. The van der Waals surface area contributed by atoms with Gasteiger partial charge in [-0.2, -0.15) is 0 Å². The number of hydrogen-bond acceptors (Lipinski definition) is 3. The molecule has 1 amide bonds. The van der Waals surface area contributed by atoms with E-state index in [2.05, 4.69) is 5.32 Å². The third-order valence-electron chi connectivity index (χ3n) is 2.05. The van der Waals surface area contributed by atoms with Gasteiger partial charge in [0.15, 0.2) is 11.6 Å². The lowest BCUT2D eigenvalue weighted by molar-refractivity contribution is 0.0534. The van der Waals surface area contributed by atoms with Crippen LogP contribution in [-0.4, -0.2) is 23.3 Å². The average molecular weight is 267 g/mol. The highest BCUT2D eigenvalue weighted by Crippen LogP contribution is 2.16. The van der Waals surface area contributed by atoms with Crippen LogP contribution in [0.15, 0.2) is 24.3 Å². The SMILES string of the molecule is CC(C)(C)OC(=O)NCC=Cc1ccc(O)c(F)c1. The number of alkyl carbamates (subject to hydrolysis) is 1. The van der Waals surface area contributed by atoms with E-state index in [0.29, 0.717) is 5.56 Å². The predicted molar refractivity (Wildman–Crippen MR) is 71.3 cm³/mol. The third kappa shape index (κ3) is 5.90. The number of rotatable bonds is 3. The standard InChI is InChI=1S/C14H18FNO3/c1-14(2,3)19-13(18)16-8-4-5-10-6-7-12(17)11(15)9-10/h4-7,9,17H,8H2,1-3H3,(H,16,18). The molecule has 0 aromatic heterocycles. The summed E-state index contributed by atoms with van der Waals surface area (Å²) in [5.74, 6) is -1.06. The zero-order chi connectivity index (χ0) is 14.5. The van der Waals surface area contributed by atoms with Gasteiger partial charge in [0.2, 0.25) is 0 Å². The van der Waals surface area contributed by atoms with Gasteiger partial charge >= 0.3 is 6.09 Å². The molecule has 0 atom stereocenters. The van der Waals surface area contributed by atoms with Crippen LogP contribution in [0.5, 0.6) is 5.75 Å². The molecule has 0 aliphatic heterocycles. The molecule has 5 heteroatoms. The number of carbonyl (C=O) groups is 1. The molecule has 0 saturated carbocycles. The highest BCUT2D eigenvalue weighted by Gasteiger charge is 2.14. The fourth-order valence-electron chi connectivity index (χ4n) is 1.28. The number of hydrogen-bond donors (Lipinski definition) is 2. The van der Waals surface area contributed by atoms with Gasteiger partial charge in [0.25, 0.3) is 0 Å². The van der Waals surface area contributed by atoms with Crippen molar-refractivity contribution >= 4 is 12.2 Å². The molecule has 19 heavy (non-hydrogen) atoms. The number of aromatic hydroxyl groups is 1. The quantitative estimate of drug-likeness (QED) is 0.884. The summed E-state index contributed by atoms with van der Waals surface area (Å²) in [4.78, 5) is 11.3. The van der Waals surface area contributed by atoms with Gasteiger partial charge in [-0.1, -0.05) is 18.2 Å². The van der Waals surface area contributed by atoms with E-state index in [4.69, 9.17) is 9.84 Å². The number of amides is 1. The molecule has 0 unspecified atom stereocenters. The topological polar surface area (TPSA) is 58.6 Å². The van der Waals surface area contributed by atoms with Crippen LogP contribution < -0.4 is 5.32 Å². The first kappa shape index (κ1) is 15.0. The Morgan fingerprint density at radius 2 is 2.16 bits per heavy atom. The Balaban J connectivity index is 2.42. The van der Waals surface area contributed by atoms with E-state index < -0.39 is 17.5 Å². The molecule has 0 spiro atoms. The van der Waals surface area contributed by atoms with E-state index in [1.165, 1.54) is 12.1 Å². The van der Waals surface area contributed by atoms with Gasteiger partial charge in [0, 0.05) is 6.54 Å². The van der Waals surface area contributed by atoms with E-state index >= 15 is 0 Å². The fraction of sp³-hybridized carbons (Fsp3) is 0.357. The van der Waals surface area contributed by atoms with Crippen molar-refractivity contribution in [3.8, 4) is 5.75 Å². The summed E-state index contributed by atoms with van der Waals surface area (Å²) in [6.07, 6.45) is 2.80. The Labute approximate surface area is 111 Å². The summed E-state index contributed by atoms with van der Waals surface area (Å²) in [6.45, 7) is 5.61. The molecule has 104 valence electrons. The summed E-state index contributed by atoms with van der Waals surface area (Å²) >= 11 is 0. The molecule has 2 N–H and O–H groups in total. The zero-order valence-electron chi connectivity index (χ0n) is 11.2. The summed E-state index contributed by atoms with van der Waals surface area (Å²) in [6, 6.07) is 4.05. The number of phenolic OH excluding ortho intramolecular Hbond substituents is 1. The minimum atomic E-state index is -0.678. The average Bonchev–Trinajstić information content (AvgIpc) is 2.27. The maximum Gasteiger partial charge on any atom is 0.407 e. The highest BCUT2D eigenvalue weighted by atomic mass is 19.1. The van der Waals surface area contributed by atoms with E-state index in [1.54, 1.807) is 39.0 Å². The minimum Gasteiger partial charge on any atom is -0.505 e. The van der Waals surface area contributed by atoms with Gasteiger partial charge < -0.3 is 15.2 Å². The molecule has 1 aromatic carbocycles. The molecule has 1 aromatic rings. The van der Waals surface area contributed by atoms with Crippen molar-refractivity contribution in [3.05, 3.63) is 35.7 Å². The molecule has 0 saturated heterocycles. The molecule has 0 radical (unpaired) electrons. The van der Waals surface area contributed by atoms with Crippen LogP contribution in [0.3, 0.4) is 0 Å². The Bertz CT molecular complexity index is 478. The number of phenols is 1. The van der Waals surface area contributed by atoms with Crippen LogP contribution >= 0.6 is 0 Å². The molecule has 4 nitrogen and oxygen atoms in total. The first-order valence-corrected chi connectivity index (χ1v) is 5.90. The largest absolute Gasteiger partial charge is 0.505 e. The predicted octanol–water partition coefficient (Wildman–Crippen LogP) is 3.07. The normalized spacial score (nSPS) is 11.6. The number of carbonyl (C=O) groups excluding carboxylic acids is 1. The van der Waals surface area contributed by atoms with Gasteiger partial charge in [-0.05, 0) is 38.5 Å². The van der Waals surface area contributed by atoms with Crippen LogP contribution in [0.1, 0.15) is 26.3 Å². The highest BCUT2D eigenvalue weighted by molar-refractivity contribution is 5.68. The van der Waals surface area contributed by atoms with E-state index in [9.17, 15) is 9.18 Å². The minimum absolute atomic E-state index is 0.275.